The minimum absolute atomic E-state index is 0.0328. The first-order valence-electron chi connectivity index (χ1n) is 6.87. The molecule has 3 unspecified atom stereocenters. The third-order valence-electron chi connectivity index (χ3n) is 4.36. The fraction of sp³-hybridized carbons (Fsp3) is 0.500. The summed E-state index contributed by atoms with van der Waals surface area (Å²) in [6.07, 6.45) is 3.18. The van der Waals surface area contributed by atoms with E-state index in [-0.39, 0.29) is 18.6 Å². The molecule has 1 aromatic carbocycles. The van der Waals surface area contributed by atoms with Gasteiger partial charge in [-0.3, -0.25) is 4.79 Å². The lowest BCUT2D eigenvalue weighted by molar-refractivity contribution is -0.120. The van der Waals surface area contributed by atoms with Gasteiger partial charge >= 0.3 is 0 Å². The highest BCUT2D eigenvalue weighted by atomic mass is 35.5. The van der Waals surface area contributed by atoms with E-state index in [2.05, 4.69) is 10.6 Å². The summed E-state index contributed by atoms with van der Waals surface area (Å²) < 4.78 is 10.6. The van der Waals surface area contributed by atoms with Gasteiger partial charge in [0.05, 0.1) is 16.6 Å². The molecule has 3 aliphatic rings. The summed E-state index contributed by atoms with van der Waals surface area (Å²) in [6, 6.07) is 4.22. The van der Waals surface area contributed by atoms with E-state index >= 15 is 0 Å². The van der Waals surface area contributed by atoms with Gasteiger partial charge in [0.15, 0.2) is 11.5 Å². The number of rotatable bonds is 2. The molecule has 1 aromatic rings. The van der Waals surface area contributed by atoms with E-state index in [0.29, 0.717) is 34.3 Å². The van der Waals surface area contributed by atoms with Gasteiger partial charge in [0, 0.05) is 24.2 Å². The van der Waals surface area contributed by atoms with Crippen molar-refractivity contribution in [2.24, 2.45) is 5.92 Å². The average Bonchev–Trinajstić information content (AvgIpc) is 3.13. The largest absolute Gasteiger partial charge is 0.454 e. The number of carbonyl (C=O) groups excluding carboxylic acids is 1. The Hall–Kier alpha value is -1.46. The molecule has 106 valence electrons. The van der Waals surface area contributed by atoms with Gasteiger partial charge in [-0.1, -0.05) is 11.6 Å². The van der Waals surface area contributed by atoms with Crippen LogP contribution >= 0.6 is 11.6 Å². The molecule has 3 aliphatic heterocycles. The lowest BCUT2D eigenvalue weighted by Gasteiger charge is -2.19. The van der Waals surface area contributed by atoms with Crippen molar-refractivity contribution in [3.05, 3.63) is 17.2 Å². The van der Waals surface area contributed by atoms with Crippen LogP contribution in [-0.4, -0.2) is 24.8 Å². The van der Waals surface area contributed by atoms with Crippen molar-refractivity contribution >= 4 is 23.2 Å². The van der Waals surface area contributed by atoms with Crippen LogP contribution in [0.4, 0.5) is 5.69 Å². The van der Waals surface area contributed by atoms with Crippen LogP contribution in [0.3, 0.4) is 0 Å². The third kappa shape index (κ3) is 1.93. The van der Waals surface area contributed by atoms with Crippen molar-refractivity contribution < 1.29 is 14.3 Å². The standard InChI is InChI=1S/C14H15ClN2O3/c15-9-4-12-13(20-6-19-12)5-11(9)17-14(18)8-3-7-1-2-10(8)16-7/h4-5,7-8,10,16H,1-3,6H2,(H,17,18). The predicted octanol–water partition coefficient (Wildman–Crippen LogP) is 2.15. The smallest absolute Gasteiger partial charge is 0.231 e. The molecular formula is C14H15ClN2O3. The molecule has 1 amide bonds. The minimum atomic E-state index is 0.0328. The van der Waals surface area contributed by atoms with Crippen molar-refractivity contribution in [1.82, 2.24) is 5.32 Å². The van der Waals surface area contributed by atoms with Gasteiger partial charge in [-0.05, 0) is 19.3 Å². The molecule has 2 N–H and O–H groups in total. The molecule has 3 heterocycles. The van der Waals surface area contributed by atoms with Crippen LogP contribution in [0.5, 0.6) is 11.5 Å². The third-order valence-corrected chi connectivity index (χ3v) is 4.67. The summed E-state index contributed by atoms with van der Waals surface area (Å²) in [5, 5.41) is 6.85. The molecule has 6 heteroatoms. The molecule has 0 aromatic heterocycles. The molecule has 4 rings (SSSR count). The number of fused-ring (bicyclic) bond motifs is 3. The van der Waals surface area contributed by atoms with Crippen LogP contribution in [-0.2, 0) is 4.79 Å². The summed E-state index contributed by atoms with van der Waals surface area (Å²) in [7, 11) is 0. The number of hydrogen-bond acceptors (Lipinski definition) is 4. The fourth-order valence-corrected chi connectivity index (χ4v) is 3.55. The van der Waals surface area contributed by atoms with E-state index < -0.39 is 0 Å². The summed E-state index contributed by atoms with van der Waals surface area (Å²) in [5.41, 5.74) is 0.587. The Balaban J connectivity index is 1.53. The Kier molecular flexibility index (Phi) is 2.79. The van der Waals surface area contributed by atoms with Crippen LogP contribution in [0, 0.1) is 5.92 Å². The second kappa shape index (κ2) is 4.53. The molecule has 0 saturated carbocycles. The van der Waals surface area contributed by atoms with Crippen molar-refractivity contribution in [3.8, 4) is 11.5 Å². The second-order valence-corrected chi connectivity index (χ2v) is 5.97. The molecule has 0 spiro atoms. The molecule has 5 nitrogen and oxygen atoms in total. The van der Waals surface area contributed by atoms with Crippen LogP contribution in [0.15, 0.2) is 12.1 Å². The molecule has 2 bridgehead atoms. The maximum atomic E-state index is 12.4. The summed E-state index contributed by atoms with van der Waals surface area (Å²) in [4.78, 5) is 12.4. The van der Waals surface area contributed by atoms with Gasteiger partial charge in [-0.2, -0.15) is 0 Å². The van der Waals surface area contributed by atoms with E-state index in [4.69, 9.17) is 21.1 Å². The number of nitrogens with one attached hydrogen (secondary N) is 2. The first-order valence-corrected chi connectivity index (χ1v) is 7.24. The molecule has 20 heavy (non-hydrogen) atoms. The normalized spacial score (nSPS) is 29.8. The number of anilines is 1. The van der Waals surface area contributed by atoms with Crippen LogP contribution in [0.2, 0.25) is 5.02 Å². The SMILES string of the molecule is O=C(Nc1cc2c(cc1Cl)OCO2)C1CC2CCC1N2. The molecular weight excluding hydrogens is 280 g/mol. The zero-order valence-electron chi connectivity index (χ0n) is 10.8. The Labute approximate surface area is 121 Å². The topological polar surface area (TPSA) is 59.6 Å². The average molecular weight is 295 g/mol. The molecule has 2 saturated heterocycles. The van der Waals surface area contributed by atoms with E-state index in [1.165, 1.54) is 6.42 Å². The van der Waals surface area contributed by atoms with E-state index in [1.807, 2.05) is 0 Å². The monoisotopic (exact) mass is 294 g/mol. The van der Waals surface area contributed by atoms with Crippen molar-refractivity contribution in [3.63, 3.8) is 0 Å². The molecule has 0 radical (unpaired) electrons. The van der Waals surface area contributed by atoms with Crippen LogP contribution in [0.25, 0.3) is 0 Å². The highest BCUT2D eigenvalue weighted by Crippen LogP contribution is 2.40. The second-order valence-electron chi connectivity index (χ2n) is 5.56. The van der Waals surface area contributed by atoms with Crippen LogP contribution in [0.1, 0.15) is 19.3 Å². The zero-order chi connectivity index (χ0) is 13.7. The summed E-state index contributed by atoms with van der Waals surface area (Å²) in [5.74, 6) is 1.31. The predicted molar refractivity (Wildman–Crippen MR) is 74.3 cm³/mol. The van der Waals surface area contributed by atoms with Crippen molar-refractivity contribution in [2.75, 3.05) is 12.1 Å². The summed E-state index contributed by atoms with van der Waals surface area (Å²) >= 11 is 6.17. The maximum Gasteiger partial charge on any atom is 0.231 e. The highest BCUT2D eigenvalue weighted by molar-refractivity contribution is 6.34. The Bertz CT molecular complexity index is 578. The van der Waals surface area contributed by atoms with Gasteiger partial charge in [0.1, 0.15) is 0 Å². The highest BCUT2D eigenvalue weighted by Gasteiger charge is 2.42. The van der Waals surface area contributed by atoms with Gasteiger partial charge in [-0.25, -0.2) is 0 Å². The fourth-order valence-electron chi connectivity index (χ4n) is 3.35. The lowest BCUT2D eigenvalue weighted by Crippen LogP contribution is -2.32. The van der Waals surface area contributed by atoms with Gasteiger partial charge in [0.25, 0.3) is 0 Å². The first kappa shape index (κ1) is 12.3. The molecule has 2 fully saturated rings. The Morgan fingerprint density at radius 3 is 2.80 bits per heavy atom. The van der Waals surface area contributed by atoms with Gasteiger partial charge < -0.3 is 20.1 Å². The Morgan fingerprint density at radius 1 is 1.30 bits per heavy atom. The maximum absolute atomic E-state index is 12.4. The lowest BCUT2D eigenvalue weighted by atomic mass is 9.88. The van der Waals surface area contributed by atoms with Gasteiger partial charge in [-0.15, -0.1) is 0 Å². The number of ether oxygens (including phenoxy) is 2. The number of hydrogen-bond donors (Lipinski definition) is 2. The summed E-state index contributed by atoms with van der Waals surface area (Å²) in [6.45, 7) is 0.194. The van der Waals surface area contributed by atoms with E-state index in [9.17, 15) is 4.79 Å². The number of benzene rings is 1. The van der Waals surface area contributed by atoms with Crippen LogP contribution < -0.4 is 20.1 Å². The Morgan fingerprint density at radius 2 is 2.10 bits per heavy atom. The molecule has 3 atom stereocenters. The van der Waals surface area contributed by atoms with Crippen molar-refractivity contribution in [2.45, 2.75) is 31.3 Å². The minimum Gasteiger partial charge on any atom is -0.454 e. The number of amides is 1. The van der Waals surface area contributed by atoms with E-state index in [0.717, 1.165) is 12.8 Å². The zero-order valence-corrected chi connectivity index (χ0v) is 11.6. The van der Waals surface area contributed by atoms with Gasteiger partial charge in [0.2, 0.25) is 12.7 Å². The number of halogens is 1. The van der Waals surface area contributed by atoms with E-state index in [1.54, 1.807) is 12.1 Å². The quantitative estimate of drug-likeness (QED) is 0.877. The first-order chi connectivity index (χ1) is 9.70. The number of carbonyl (C=O) groups is 1. The molecule has 0 aliphatic carbocycles. The van der Waals surface area contributed by atoms with Crippen molar-refractivity contribution in [1.29, 1.82) is 0 Å².